The van der Waals surface area contributed by atoms with Crippen molar-refractivity contribution in [2.75, 3.05) is 5.32 Å². The highest BCUT2D eigenvalue weighted by molar-refractivity contribution is 6.31. The fraction of sp³-hybridized carbons (Fsp3) is 0.0500. The summed E-state index contributed by atoms with van der Waals surface area (Å²) in [5.74, 6) is -2.09. The molecule has 0 saturated heterocycles. The van der Waals surface area contributed by atoms with E-state index in [2.05, 4.69) is 25.4 Å². The second-order valence-electron chi connectivity index (χ2n) is 6.54. The summed E-state index contributed by atoms with van der Waals surface area (Å²) in [6.45, 7) is 0. The molecule has 2 N–H and O–H groups in total. The van der Waals surface area contributed by atoms with Crippen LogP contribution in [0, 0.1) is 5.82 Å². The molecule has 8 nitrogen and oxygen atoms in total. The second-order valence-corrected chi connectivity index (χ2v) is 6.95. The molecule has 3 aromatic heterocycles. The predicted octanol–water partition coefficient (Wildman–Crippen LogP) is 4.98. The number of hydrogen-bond donors (Lipinski definition) is 2. The normalized spacial score (nSPS) is 11.4. The number of halogens is 5. The third kappa shape index (κ3) is 4.75. The van der Waals surface area contributed by atoms with Gasteiger partial charge in [-0.3, -0.25) is 0 Å². The van der Waals surface area contributed by atoms with Gasteiger partial charge in [0.25, 0.3) is 0 Å². The smallest absolute Gasteiger partial charge is 0.435 e. The van der Waals surface area contributed by atoms with Crippen molar-refractivity contribution in [2.45, 2.75) is 6.18 Å². The van der Waals surface area contributed by atoms with Crippen LogP contribution < -0.4 is 5.32 Å². The van der Waals surface area contributed by atoms with Crippen LogP contribution in [0.4, 0.5) is 29.2 Å². The molecular weight excluding hydrogens is 468 g/mol. The molecule has 1 aromatic carbocycles. The lowest BCUT2D eigenvalue weighted by Gasteiger charge is -2.12. The summed E-state index contributed by atoms with van der Waals surface area (Å²) in [7, 11) is 0. The number of aromatic nitrogens is 5. The number of carboxylic acid groups (broad SMARTS) is 1. The Bertz CT molecular complexity index is 1360. The van der Waals surface area contributed by atoms with Gasteiger partial charge in [0, 0.05) is 18.1 Å². The van der Waals surface area contributed by atoms with Crippen LogP contribution in [0.25, 0.3) is 17.1 Å². The van der Waals surface area contributed by atoms with Gasteiger partial charge in [-0.25, -0.2) is 23.8 Å². The summed E-state index contributed by atoms with van der Waals surface area (Å²) in [5.41, 5.74) is -0.886. The Kier molecular flexibility index (Phi) is 5.68. The number of aromatic carboxylic acids is 1. The summed E-state index contributed by atoms with van der Waals surface area (Å²) in [5, 5.41) is 15.3. The highest BCUT2D eigenvalue weighted by atomic mass is 35.5. The average molecular weight is 479 g/mol. The predicted molar refractivity (Wildman–Crippen MR) is 109 cm³/mol. The lowest BCUT2D eigenvalue weighted by molar-refractivity contribution is -0.141. The second kappa shape index (κ2) is 8.47. The molecule has 4 rings (SSSR count). The molecule has 0 atom stereocenters. The Hall–Kier alpha value is -4.06. The van der Waals surface area contributed by atoms with Crippen LogP contribution in [-0.2, 0) is 6.18 Å². The summed E-state index contributed by atoms with van der Waals surface area (Å²) in [6, 6.07) is 8.66. The van der Waals surface area contributed by atoms with Gasteiger partial charge in [0.05, 0.1) is 16.3 Å². The topological polar surface area (TPSA) is 106 Å². The van der Waals surface area contributed by atoms with E-state index in [4.69, 9.17) is 11.6 Å². The molecule has 4 aromatic rings. The van der Waals surface area contributed by atoms with Crippen molar-refractivity contribution in [1.29, 1.82) is 0 Å². The number of nitrogens with one attached hydrogen (secondary N) is 1. The molecule has 0 unspecified atom stereocenters. The zero-order valence-corrected chi connectivity index (χ0v) is 16.9. The van der Waals surface area contributed by atoms with Crippen molar-refractivity contribution < 1.29 is 27.5 Å². The molecule has 0 aliphatic rings. The maximum atomic E-state index is 13.4. The molecule has 13 heteroatoms. The van der Waals surface area contributed by atoms with E-state index in [1.165, 1.54) is 36.5 Å². The van der Waals surface area contributed by atoms with Crippen molar-refractivity contribution >= 4 is 29.2 Å². The molecule has 0 bridgehead atoms. The van der Waals surface area contributed by atoms with Gasteiger partial charge < -0.3 is 10.4 Å². The molecular formula is C20H11ClF4N6O2. The summed E-state index contributed by atoms with van der Waals surface area (Å²) < 4.78 is 53.5. The highest BCUT2D eigenvalue weighted by Crippen LogP contribution is 2.30. The van der Waals surface area contributed by atoms with Gasteiger partial charge in [0.1, 0.15) is 11.5 Å². The standard InChI is InChI=1S/C20H11ClF4N6O2/c21-12-8-10(4-5-13(12)22)27-19-26-9-11(14-2-1-3-15(28-14)18(32)33)17(29-19)31-7-6-16(30-31)20(23,24)25/h1-9H,(H,32,33)(H,26,27,29). The van der Waals surface area contributed by atoms with E-state index in [1.807, 2.05) is 0 Å². The van der Waals surface area contributed by atoms with Crippen LogP contribution in [0.3, 0.4) is 0 Å². The third-order valence-corrected chi connectivity index (χ3v) is 4.57. The maximum Gasteiger partial charge on any atom is 0.435 e. The van der Waals surface area contributed by atoms with E-state index >= 15 is 0 Å². The number of benzene rings is 1. The first-order chi connectivity index (χ1) is 15.6. The largest absolute Gasteiger partial charge is 0.477 e. The molecule has 0 saturated carbocycles. The molecule has 33 heavy (non-hydrogen) atoms. The van der Waals surface area contributed by atoms with Crippen molar-refractivity contribution in [2.24, 2.45) is 0 Å². The number of anilines is 2. The van der Waals surface area contributed by atoms with Crippen LogP contribution >= 0.6 is 11.6 Å². The van der Waals surface area contributed by atoms with E-state index in [-0.39, 0.29) is 33.7 Å². The maximum absolute atomic E-state index is 13.4. The number of hydrogen-bond acceptors (Lipinski definition) is 6. The first kappa shape index (κ1) is 22.1. The average Bonchev–Trinajstić information content (AvgIpc) is 3.27. The lowest BCUT2D eigenvalue weighted by atomic mass is 10.2. The zero-order valence-electron chi connectivity index (χ0n) is 16.2. The highest BCUT2D eigenvalue weighted by Gasteiger charge is 2.34. The molecule has 0 aliphatic carbocycles. The van der Waals surface area contributed by atoms with Crippen molar-refractivity contribution in [3.63, 3.8) is 0 Å². The zero-order chi connectivity index (χ0) is 23.8. The van der Waals surface area contributed by atoms with Gasteiger partial charge in [-0.15, -0.1) is 0 Å². The van der Waals surface area contributed by atoms with E-state index < -0.39 is 23.7 Å². The van der Waals surface area contributed by atoms with Gasteiger partial charge >= 0.3 is 12.1 Å². The Morgan fingerprint density at radius 3 is 2.58 bits per heavy atom. The fourth-order valence-corrected chi connectivity index (χ4v) is 2.97. The van der Waals surface area contributed by atoms with Crippen LogP contribution in [0.15, 0.2) is 54.9 Å². The van der Waals surface area contributed by atoms with Gasteiger partial charge in [-0.2, -0.15) is 23.3 Å². The first-order valence-corrected chi connectivity index (χ1v) is 9.42. The third-order valence-electron chi connectivity index (χ3n) is 4.29. The van der Waals surface area contributed by atoms with Gasteiger partial charge in [0.15, 0.2) is 11.5 Å². The minimum absolute atomic E-state index is 0.0603. The summed E-state index contributed by atoms with van der Waals surface area (Å²) in [4.78, 5) is 23.6. The van der Waals surface area contributed by atoms with E-state index in [0.717, 1.165) is 23.0 Å². The Morgan fingerprint density at radius 2 is 1.91 bits per heavy atom. The minimum Gasteiger partial charge on any atom is -0.477 e. The van der Waals surface area contributed by atoms with Crippen LogP contribution in [0.2, 0.25) is 5.02 Å². The SMILES string of the molecule is O=C(O)c1cccc(-c2cnc(Nc3ccc(F)c(Cl)c3)nc2-n2ccc(C(F)(F)F)n2)n1. The fourth-order valence-electron chi connectivity index (χ4n) is 2.79. The molecule has 0 spiro atoms. The van der Waals surface area contributed by atoms with Crippen molar-refractivity contribution in [1.82, 2.24) is 24.7 Å². The minimum atomic E-state index is -4.69. The van der Waals surface area contributed by atoms with Gasteiger partial charge in [-0.05, 0) is 36.4 Å². The monoisotopic (exact) mass is 478 g/mol. The molecule has 168 valence electrons. The molecule has 0 radical (unpaired) electrons. The molecule has 0 amide bonds. The van der Waals surface area contributed by atoms with E-state index in [1.54, 1.807) is 0 Å². The van der Waals surface area contributed by atoms with Crippen LogP contribution in [0.5, 0.6) is 0 Å². The van der Waals surface area contributed by atoms with Gasteiger partial charge in [0.2, 0.25) is 5.95 Å². The summed E-state index contributed by atoms with van der Waals surface area (Å²) >= 11 is 5.77. The quantitative estimate of drug-likeness (QED) is 0.390. The Balaban J connectivity index is 1.82. The van der Waals surface area contributed by atoms with E-state index in [9.17, 15) is 27.5 Å². The molecule has 3 heterocycles. The Morgan fingerprint density at radius 1 is 1.12 bits per heavy atom. The van der Waals surface area contributed by atoms with Crippen LogP contribution in [-0.4, -0.2) is 35.8 Å². The lowest BCUT2D eigenvalue weighted by Crippen LogP contribution is -2.10. The number of carboxylic acids is 1. The number of carbonyl (C=O) groups is 1. The van der Waals surface area contributed by atoms with E-state index in [0.29, 0.717) is 5.69 Å². The van der Waals surface area contributed by atoms with Gasteiger partial charge in [-0.1, -0.05) is 17.7 Å². The number of alkyl halides is 3. The number of nitrogens with zero attached hydrogens (tertiary/aromatic N) is 5. The van der Waals surface area contributed by atoms with Crippen molar-refractivity contribution in [3.8, 4) is 17.1 Å². The molecule has 0 fully saturated rings. The molecule has 0 aliphatic heterocycles. The number of rotatable bonds is 5. The number of pyridine rings is 1. The Labute approximate surface area is 187 Å². The first-order valence-electron chi connectivity index (χ1n) is 9.05. The van der Waals surface area contributed by atoms with Crippen LogP contribution in [0.1, 0.15) is 16.2 Å². The van der Waals surface area contributed by atoms with Crippen molar-refractivity contribution in [3.05, 3.63) is 77.1 Å². The summed E-state index contributed by atoms with van der Waals surface area (Å²) in [6.07, 6.45) is -2.39.